The number of nitrogens with zero attached hydrogens (tertiary/aromatic N) is 5. The molecule has 0 bridgehead atoms. The van der Waals surface area contributed by atoms with E-state index in [4.69, 9.17) is 4.74 Å². The molecule has 1 atom stereocenters. The molecule has 1 saturated heterocycles. The first-order valence-corrected chi connectivity index (χ1v) is 10.3. The highest BCUT2D eigenvalue weighted by molar-refractivity contribution is 5.68. The summed E-state index contributed by atoms with van der Waals surface area (Å²) in [6.07, 6.45) is 2.17. The fraction of sp³-hybridized carbons (Fsp3) is 0.304. The summed E-state index contributed by atoms with van der Waals surface area (Å²) < 4.78 is 21.1. The smallest absolute Gasteiger partial charge is 0.410 e. The molecule has 32 heavy (non-hydrogen) atoms. The molecule has 166 valence electrons. The zero-order valence-electron chi connectivity index (χ0n) is 17.9. The van der Waals surface area contributed by atoms with E-state index in [1.54, 1.807) is 11.9 Å². The average molecular weight is 437 g/mol. The van der Waals surface area contributed by atoms with Gasteiger partial charge in [-0.2, -0.15) is 0 Å². The van der Waals surface area contributed by atoms with Gasteiger partial charge in [0.2, 0.25) is 5.95 Å². The Labute approximate surface area is 184 Å². The number of hydrogen-bond acceptors (Lipinski definition) is 6. The predicted molar refractivity (Wildman–Crippen MR) is 118 cm³/mol. The van der Waals surface area contributed by atoms with Crippen molar-refractivity contribution in [2.24, 2.45) is 7.05 Å². The summed E-state index contributed by atoms with van der Waals surface area (Å²) >= 11 is 0. The maximum atomic E-state index is 14.2. The molecule has 1 aliphatic heterocycles. The van der Waals surface area contributed by atoms with E-state index >= 15 is 0 Å². The van der Waals surface area contributed by atoms with Gasteiger partial charge in [-0.15, -0.1) is 0 Å². The molecule has 1 aromatic carbocycles. The minimum Gasteiger partial charge on any atom is -0.445 e. The number of anilines is 1. The van der Waals surface area contributed by atoms with Crippen molar-refractivity contribution in [3.05, 3.63) is 76.6 Å². The summed E-state index contributed by atoms with van der Waals surface area (Å²) in [6, 6.07) is 12.1. The molecule has 9 heteroatoms. The highest BCUT2D eigenvalue weighted by atomic mass is 19.1. The Morgan fingerprint density at radius 3 is 2.72 bits per heavy atom. The third-order valence-corrected chi connectivity index (χ3v) is 5.51. The van der Waals surface area contributed by atoms with Gasteiger partial charge >= 0.3 is 6.09 Å². The molecule has 8 nitrogen and oxygen atoms in total. The van der Waals surface area contributed by atoms with E-state index in [1.165, 1.54) is 22.9 Å². The van der Waals surface area contributed by atoms with Gasteiger partial charge in [-0.3, -0.25) is 14.3 Å². The van der Waals surface area contributed by atoms with Crippen LogP contribution in [0.15, 0.2) is 59.7 Å². The van der Waals surface area contributed by atoms with Gasteiger partial charge in [0.05, 0.1) is 11.9 Å². The van der Waals surface area contributed by atoms with Gasteiger partial charge < -0.3 is 14.5 Å². The molecule has 1 unspecified atom stereocenters. The minimum absolute atomic E-state index is 0.162. The molecular formula is C23H24FN5O3. The molecule has 4 rings (SSSR count). The molecule has 3 aromatic rings. The van der Waals surface area contributed by atoms with Gasteiger partial charge in [-0.25, -0.2) is 14.2 Å². The monoisotopic (exact) mass is 437 g/mol. The summed E-state index contributed by atoms with van der Waals surface area (Å²) in [5.41, 5.74) is 1.10. The van der Waals surface area contributed by atoms with Crippen LogP contribution in [0.2, 0.25) is 0 Å². The Balaban J connectivity index is 1.49. The van der Waals surface area contributed by atoms with Crippen LogP contribution in [0.25, 0.3) is 11.3 Å². The SMILES string of the molecule is CC1CN(c2nc(-c3ccncc3F)cc(=O)n2C)CCN1C(=O)OCc1ccccc1. The number of piperazine rings is 1. The maximum Gasteiger partial charge on any atom is 0.410 e. The van der Waals surface area contributed by atoms with Crippen LogP contribution < -0.4 is 10.5 Å². The van der Waals surface area contributed by atoms with Gasteiger partial charge in [0, 0.05) is 50.6 Å². The van der Waals surface area contributed by atoms with Gasteiger partial charge in [-0.1, -0.05) is 30.3 Å². The minimum atomic E-state index is -0.543. The molecule has 2 aromatic heterocycles. The van der Waals surface area contributed by atoms with Gasteiger partial charge in [0.1, 0.15) is 6.61 Å². The van der Waals surface area contributed by atoms with Gasteiger partial charge in [0.25, 0.3) is 5.56 Å². The van der Waals surface area contributed by atoms with Crippen LogP contribution in [-0.2, 0) is 18.4 Å². The normalized spacial score (nSPS) is 16.2. The van der Waals surface area contributed by atoms with Crippen LogP contribution in [0.4, 0.5) is 15.1 Å². The Morgan fingerprint density at radius 2 is 2.00 bits per heavy atom. The van der Waals surface area contributed by atoms with Crippen LogP contribution in [0.1, 0.15) is 12.5 Å². The third kappa shape index (κ3) is 4.46. The molecule has 0 saturated carbocycles. The fourth-order valence-corrected chi connectivity index (χ4v) is 3.74. The Kier molecular flexibility index (Phi) is 6.16. The number of amides is 1. The lowest BCUT2D eigenvalue weighted by Crippen LogP contribution is -2.55. The van der Waals surface area contributed by atoms with Crippen LogP contribution >= 0.6 is 0 Å². The number of rotatable bonds is 4. The van der Waals surface area contributed by atoms with Gasteiger partial charge in [-0.05, 0) is 18.6 Å². The first kappa shape index (κ1) is 21.5. The Hall–Kier alpha value is -3.75. The van der Waals surface area contributed by atoms with E-state index in [1.807, 2.05) is 42.2 Å². The standard InChI is InChI=1S/C23H24FN5O3/c1-16-14-28(10-11-29(16)23(31)32-15-17-6-4-3-5-7-17)22-26-20(12-21(30)27(22)2)18-8-9-25-13-19(18)24/h3-9,12-13,16H,10-11,14-15H2,1-2H3. The number of carbonyl (C=O) groups excluding carboxylic acids is 1. The summed E-state index contributed by atoms with van der Waals surface area (Å²) in [6.45, 7) is 3.47. The predicted octanol–water partition coefficient (Wildman–Crippen LogP) is 2.83. The van der Waals surface area contributed by atoms with Crippen molar-refractivity contribution in [2.75, 3.05) is 24.5 Å². The van der Waals surface area contributed by atoms with E-state index in [2.05, 4.69) is 9.97 Å². The van der Waals surface area contributed by atoms with Crippen molar-refractivity contribution in [3.63, 3.8) is 0 Å². The number of benzene rings is 1. The first-order chi connectivity index (χ1) is 15.4. The maximum absolute atomic E-state index is 14.2. The van der Waals surface area contributed by atoms with E-state index in [9.17, 15) is 14.0 Å². The number of ether oxygens (including phenoxy) is 1. The Bertz CT molecular complexity index is 1170. The topological polar surface area (TPSA) is 80.6 Å². The van der Waals surface area contributed by atoms with Crippen molar-refractivity contribution < 1.29 is 13.9 Å². The number of pyridine rings is 1. The summed E-state index contributed by atoms with van der Waals surface area (Å²) in [4.78, 5) is 37.0. The zero-order valence-corrected chi connectivity index (χ0v) is 17.9. The number of carbonyl (C=O) groups is 1. The van der Waals surface area contributed by atoms with Crippen LogP contribution in [0.5, 0.6) is 0 Å². The molecule has 0 radical (unpaired) electrons. The molecule has 1 aliphatic rings. The fourth-order valence-electron chi connectivity index (χ4n) is 3.74. The van der Waals surface area contributed by atoms with E-state index in [0.717, 1.165) is 11.8 Å². The van der Waals surface area contributed by atoms with Crippen molar-refractivity contribution in [1.82, 2.24) is 19.4 Å². The highest BCUT2D eigenvalue weighted by Crippen LogP contribution is 2.23. The lowest BCUT2D eigenvalue weighted by molar-refractivity contribution is 0.0792. The van der Waals surface area contributed by atoms with Crippen molar-refractivity contribution >= 4 is 12.0 Å². The van der Waals surface area contributed by atoms with Crippen LogP contribution in [0.3, 0.4) is 0 Å². The second-order valence-corrected chi connectivity index (χ2v) is 7.72. The quantitative estimate of drug-likeness (QED) is 0.625. The molecule has 0 spiro atoms. The first-order valence-electron chi connectivity index (χ1n) is 10.3. The second kappa shape index (κ2) is 9.17. The van der Waals surface area contributed by atoms with Crippen molar-refractivity contribution in [3.8, 4) is 11.3 Å². The van der Waals surface area contributed by atoms with E-state index in [-0.39, 0.29) is 35.6 Å². The largest absolute Gasteiger partial charge is 0.445 e. The molecule has 0 N–H and O–H groups in total. The lowest BCUT2D eigenvalue weighted by atomic mass is 10.2. The van der Waals surface area contributed by atoms with Gasteiger partial charge in [0.15, 0.2) is 5.82 Å². The summed E-state index contributed by atoms with van der Waals surface area (Å²) in [7, 11) is 1.63. The third-order valence-electron chi connectivity index (χ3n) is 5.51. The van der Waals surface area contributed by atoms with E-state index < -0.39 is 5.82 Å². The summed E-state index contributed by atoms with van der Waals surface area (Å²) in [5, 5.41) is 0. The second-order valence-electron chi connectivity index (χ2n) is 7.72. The molecular weight excluding hydrogens is 413 g/mol. The van der Waals surface area contributed by atoms with Crippen molar-refractivity contribution in [2.45, 2.75) is 19.6 Å². The van der Waals surface area contributed by atoms with Crippen LogP contribution in [-0.4, -0.2) is 51.2 Å². The molecule has 1 fully saturated rings. The highest BCUT2D eigenvalue weighted by Gasteiger charge is 2.30. The summed E-state index contributed by atoms with van der Waals surface area (Å²) in [5.74, 6) is -0.119. The molecule has 1 amide bonds. The number of halogens is 1. The molecule has 0 aliphatic carbocycles. The van der Waals surface area contributed by atoms with E-state index in [0.29, 0.717) is 25.6 Å². The zero-order chi connectivity index (χ0) is 22.7. The lowest BCUT2D eigenvalue weighted by Gasteiger charge is -2.40. The Morgan fingerprint density at radius 1 is 1.22 bits per heavy atom. The number of hydrogen-bond donors (Lipinski definition) is 0. The molecule has 3 heterocycles. The number of aromatic nitrogens is 3. The van der Waals surface area contributed by atoms with Crippen molar-refractivity contribution in [1.29, 1.82) is 0 Å². The average Bonchev–Trinajstić information content (AvgIpc) is 2.80. The van der Waals surface area contributed by atoms with Crippen LogP contribution in [0, 0.1) is 5.82 Å².